The third-order valence-electron chi connectivity index (χ3n) is 5.25. The van der Waals surface area contributed by atoms with Gasteiger partial charge in [0.15, 0.2) is 5.13 Å². The van der Waals surface area contributed by atoms with E-state index in [4.69, 9.17) is 0 Å². The van der Waals surface area contributed by atoms with E-state index in [0.717, 1.165) is 15.8 Å². The van der Waals surface area contributed by atoms with E-state index >= 15 is 0 Å². The van der Waals surface area contributed by atoms with Crippen molar-refractivity contribution < 1.29 is 17.6 Å². The second-order valence-corrected chi connectivity index (χ2v) is 10.6. The molecule has 1 aliphatic rings. The Bertz CT molecular complexity index is 1220. The molecule has 2 aromatic carbocycles. The van der Waals surface area contributed by atoms with E-state index < -0.39 is 21.7 Å². The van der Waals surface area contributed by atoms with Crippen LogP contribution in [0.4, 0.5) is 9.52 Å². The van der Waals surface area contributed by atoms with Crippen molar-refractivity contribution in [2.24, 2.45) is 0 Å². The Hall–Kier alpha value is -2.62. The van der Waals surface area contributed by atoms with Gasteiger partial charge in [0, 0.05) is 13.1 Å². The number of hydrogen-bond donors (Lipinski definition) is 1. The fourth-order valence-corrected chi connectivity index (χ4v) is 5.47. The number of fused-ring (bicyclic) bond motifs is 1. The maximum Gasteiger partial charge on any atom is 0.260 e. The van der Waals surface area contributed by atoms with Gasteiger partial charge in [0.1, 0.15) is 5.82 Å². The van der Waals surface area contributed by atoms with E-state index in [2.05, 4.69) is 10.3 Å². The first kappa shape index (κ1) is 21.6. The molecule has 162 valence electrons. The number of nitrogens with zero attached hydrogens (tertiary/aromatic N) is 2. The quantitative estimate of drug-likeness (QED) is 0.609. The van der Waals surface area contributed by atoms with Crippen molar-refractivity contribution >= 4 is 48.7 Å². The molecule has 2 heterocycles. The summed E-state index contributed by atoms with van der Waals surface area (Å²) >= 11 is 1.33. The van der Waals surface area contributed by atoms with Crippen LogP contribution in [0.1, 0.15) is 35.7 Å². The Morgan fingerprint density at radius 3 is 2.65 bits per heavy atom. The summed E-state index contributed by atoms with van der Waals surface area (Å²) in [5.74, 6) is -1.06. The lowest BCUT2D eigenvalue weighted by molar-refractivity contribution is 0.102. The highest BCUT2D eigenvalue weighted by atomic mass is 32.2. The molecule has 0 bridgehead atoms. The summed E-state index contributed by atoms with van der Waals surface area (Å²) in [5, 5.41) is 3.09. The van der Waals surface area contributed by atoms with Crippen molar-refractivity contribution in [3.05, 3.63) is 65.0 Å². The zero-order valence-electron chi connectivity index (χ0n) is 17.0. The number of hydrogen-bond acceptors (Lipinski definition) is 5. The van der Waals surface area contributed by atoms with E-state index in [9.17, 15) is 17.6 Å². The summed E-state index contributed by atoms with van der Waals surface area (Å²) in [6.07, 6.45) is 3.09. The Morgan fingerprint density at radius 1 is 1.23 bits per heavy atom. The van der Waals surface area contributed by atoms with Crippen LogP contribution < -0.4 is 5.32 Å². The number of piperidine rings is 1. The summed E-state index contributed by atoms with van der Waals surface area (Å²) in [6, 6.07) is 12.0. The van der Waals surface area contributed by atoms with E-state index in [0.29, 0.717) is 36.6 Å². The molecule has 0 unspecified atom stereocenters. The fraction of sp³-hybridized carbons (Fsp3) is 0.273. The predicted octanol–water partition coefficient (Wildman–Crippen LogP) is 4.52. The zero-order valence-corrected chi connectivity index (χ0v) is 18.6. The van der Waals surface area contributed by atoms with Gasteiger partial charge in [-0.3, -0.25) is 10.1 Å². The van der Waals surface area contributed by atoms with E-state index in [-0.39, 0.29) is 11.3 Å². The normalized spacial score (nSPS) is 15.2. The van der Waals surface area contributed by atoms with E-state index in [1.807, 2.05) is 30.3 Å². The van der Waals surface area contributed by atoms with Crippen LogP contribution in [0.5, 0.6) is 0 Å². The van der Waals surface area contributed by atoms with Crippen LogP contribution in [0.15, 0.2) is 48.0 Å². The lowest BCUT2D eigenvalue weighted by atomic mass is 10.0. The molecule has 31 heavy (non-hydrogen) atoms. The molecule has 0 saturated carbocycles. The molecule has 3 aromatic rings. The van der Waals surface area contributed by atoms with Crippen LogP contribution in [0, 0.1) is 5.82 Å². The topological polar surface area (TPSA) is 79.4 Å². The fourth-order valence-electron chi connectivity index (χ4n) is 3.51. The van der Waals surface area contributed by atoms with Crippen LogP contribution in [0.2, 0.25) is 0 Å². The van der Waals surface area contributed by atoms with Gasteiger partial charge in [-0.1, -0.05) is 41.2 Å². The van der Waals surface area contributed by atoms with Gasteiger partial charge in [0.25, 0.3) is 5.91 Å². The highest BCUT2D eigenvalue weighted by Crippen LogP contribution is 2.26. The van der Waals surface area contributed by atoms with Gasteiger partial charge >= 0.3 is 0 Å². The van der Waals surface area contributed by atoms with E-state index in [1.165, 1.54) is 27.8 Å². The van der Waals surface area contributed by atoms with E-state index in [1.54, 1.807) is 13.0 Å². The number of thiazole rings is 1. The van der Waals surface area contributed by atoms with Gasteiger partial charge < -0.3 is 0 Å². The molecule has 1 aromatic heterocycles. The molecule has 1 N–H and O–H groups in total. The highest BCUT2D eigenvalue weighted by molar-refractivity contribution is 7.89. The maximum absolute atomic E-state index is 14.6. The minimum atomic E-state index is -3.18. The van der Waals surface area contributed by atoms with Gasteiger partial charge in [-0.15, -0.1) is 0 Å². The number of nitrogens with one attached hydrogen (secondary N) is 1. The van der Waals surface area contributed by atoms with Crippen LogP contribution in [-0.4, -0.2) is 42.5 Å². The number of carbonyl (C=O) groups is 1. The van der Waals surface area contributed by atoms with Gasteiger partial charge in [0.2, 0.25) is 10.0 Å². The smallest absolute Gasteiger partial charge is 0.260 e. The zero-order chi connectivity index (χ0) is 22.0. The molecule has 1 amide bonds. The van der Waals surface area contributed by atoms with Crippen molar-refractivity contribution in [3.63, 3.8) is 0 Å². The largest absolute Gasteiger partial charge is 0.298 e. The average Bonchev–Trinajstić information content (AvgIpc) is 3.16. The Kier molecular flexibility index (Phi) is 6.17. The Morgan fingerprint density at radius 2 is 1.97 bits per heavy atom. The number of benzene rings is 2. The molecule has 0 radical (unpaired) electrons. The lowest BCUT2D eigenvalue weighted by Crippen LogP contribution is -2.37. The molecular weight excluding hydrogens is 437 g/mol. The molecule has 1 saturated heterocycles. The Balaban J connectivity index is 1.44. The minimum absolute atomic E-state index is 0.0507. The van der Waals surface area contributed by atoms with Crippen LogP contribution in [0.3, 0.4) is 0 Å². The molecule has 0 aliphatic carbocycles. The molecule has 1 aliphatic heterocycles. The first-order valence-corrected chi connectivity index (χ1v) is 12.4. The molecular formula is C22H22FN3O3S2. The van der Waals surface area contributed by atoms with Crippen molar-refractivity contribution in [3.8, 4) is 0 Å². The third kappa shape index (κ3) is 4.84. The average molecular weight is 460 g/mol. The monoisotopic (exact) mass is 459 g/mol. The number of amides is 1. The number of halogens is 1. The van der Waals surface area contributed by atoms with Crippen LogP contribution in [-0.2, 0) is 10.0 Å². The third-order valence-corrected chi connectivity index (χ3v) is 8.08. The summed E-state index contributed by atoms with van der Waals surface area (Å²) in [5.41, 5.74) is 2.44. The SMILES string of the molecule is CCS(=O)(=O)N1CCC(=Cc2ccc(C(=O)Nc3nc4ccccc4s3)c(F)c2)CC1. The van der Waals surface area contributed by atoms with Crippen molar-refractivity contribution in [1.82, 2.24) is 9.29 Å². The number of anilines is 1. The second-order valence-electron chi connectivity index (χ2n) is 7.28. The number of rotatable bonds is 5. The molecule has 1 fully saturated rings. The molecule has 0 atom stereocenters. The summed E-state index contributed by atoms with van der Waals surface area (Å²) in [4.78, 5) is 16.8. The number of carbonyl (C=O) groups excluding carboxylic acids is 1. The van der Waals surface area contributed by atoms with Crippen LogP contribution in [0.25, 0.3) is 16.3 Å². The Labute approximate surface area is 184 Å². The predicted molar refractivity (Wildman–Crippen MR) is 122 cm³/mol. The number of sulfonamides is 1. The van der Waals surface area contributed by atoms with Gasteiger partial charge in [-0.25, -0.2) is 22.1 Å². The maximum atomic E-state index is 14.6. The first-order chi connectivity index (χ1) is 14.9. The van der Waals surface area contributed by atoms with Crippen molar-refractivity contribution in [2.45, 2.75) is 19.8 Å². The summed E-state index contributed by atoms with van der Waals surface area (Å²) in [6.45, 7) is 2.51. The standard InChI is InChI=1S/C22H22FN3O3S2/c1-2-31(28,29)26-11-9-15(10-12-26)13-16-7-8-17(18(23)14-16)21(27)25-22-24-19-5-3-4-6-20(19)30-22/h3-8,13-14H,2,9-12H2,1H3,(H,24,25,27). The van der Waals surface area contributed by atoms with Gasteiger partial charge in [-0.05, 0) is 49.6 Å². The molecule has 6 nitrogen and oxygen atoms in total. The van der Waals surface area contributed by atoms with Crippen molar-refractivity contribution in [1.29, 1.82) is 0 Å². The first-order valence-electron chi connectivity index (χ1n) is 9.99. The van der Waals surface area contributed by atoms with Crippen LogP contribution >= 0.6 is 11.3 Å². The summed E-state index contributed by atoms with van der Waals surface area (Å²) in [7, 11) is -3.18. The number of aromatic nitrogens is 1. The van der Waals surface area contributed by atoms with Gasteiger partial charge in [-0.2, -0.15) is 0 Å². The number of para-hydroxylation sites is 1. The summed E-state index contributed by atoms with van der Waals surface area (Å²) < 4.78 is 41.0. The van der Waals surface area contributed by atoms with Gasteiger partial charge in [0.05, 0.1) is 21.5 Å². The lowest BCUT2D eigenvalue weighted by Gasteiger charge is -2.27. The van der Waals surface area contributed by atoms with Crippen molar-refractivity contribution in [2.75, 3.05) is 24.2 Å². The molecule has 0 spiro atoms. The molecule has 4 rings (SSSR count). The molecule has 9 heteroatoms. The highest BCUT2D eigenvalue weighted by Gasteiger charge is 2.23. The second kappa shape index (κ2) is 8.86. The minimum Gasteiger partial charge on any atom is -0.298 e.